The Hall–Kier alpha value is -2.39. The van der Waals surface area contributed by atoms with Crippen LogP contribution in [0.2, 0.25) is 5.02 Å². The Balaban J connectivity index is 1.63. The van der Waals surface area contributed by atoms with Gasteiger partial charge in [-0.25, -0.2) is 0 Å². The standard InChI is InChI=1S/C18H16ClN3/c19-15-8-9-16-17(10-12-20-18(16)13-15)22-21-11-4-7-14-5-2-1-3-6-14/h1-3,5-6,8-13H,4,7H2,(H,20,22). The van der Waals surface area contributed by atoms with E-state index in [9.17, 15) is 0 Å². The molecule has 0 atom stereocenters. The Kier molecular flexibility index (Phi) is 4.66. The van der Waals surface area contributed by atoms with E-state index in [1.54, 1.807) is 6.20 Å². The summed E-state index contributed by atoms with van der Waals surface area (Å²) in [7, 11) is 0. The zero-order valence-corrected chi connectivity index (χ0v) is 12.8. The second-order valence-corrected chi connectivity index (χ2v) is 5.40. The molecule has 1 aromatic heterocycles. The molecule has 0 spiro atoms. The number of benzene rings is 2. The molecule has 2 aromatic carbocycles. The van der Waals surface area contributed by atoms with Crippen LogP contribution in [-0.2, 0) is 6.42 Å². The van der Waals surface area contributed by atoms with E-state index in [1.165, 1.54) is 5.56 Å². The number of halogens is 1. The molecule has 0 saturated carbocycles. The molecule has 0 aliphatic heterocycles. The van der Waals surface area contributed by atoms with Crippen molar-refractivity contribution in [3.8, 4) is 0 Å². The SMILES string of the molecule is Clc1ccc2c(NN=CCCc3ccccc3)ccnc2c1. The third kappa shape index (κ3) is 3.62. The minimum atomic E-state index is 0.684. The Morgan fingerprint density at radius 2 is 1.95 bits per heavy atom. The molecule has 0 amide bonds. The smallest absolute Gasteiger partial charge is 0.0738 e. The van der Waals surface area contributed by atoms with E-state index in [0.717, 1.165) is 29.4 Å². The average Bonchev–Trinajstić information content (AvgIpc) is 2.55. The number of fused-ring (bicyclic) bond motifs is 1. The van der Waals surface area contributed by atoms with Crippen molar-refractivity contribution in [3.63, 3.8) is 0 Å². The highest BCUT2D eigenvalue weighted by Crippen LogP contribution is 2.24. The van der Waals surface area contributed by atoms with Crippen LogP contribution >= 0.6 is 11.6 Å². The van der Waals surface area contributed by atoms with Gasteiger partial charge in [0.1, 0.15) is 0 Å². The van der Waals surface area contributed by atoms with Crippen LogP contribution in [0.3, 0.4) is 0 Å². The molecular formula is C18H16ClN3. The second-order valence-electron chi connectivity index (χ2n) is 4.97. The molecule has 3 aromatic rings. The summed E-state index contributed by atoms with van der Waals surface area (Å²) < 4.78 is 0. The quantitative estimate of drug-likeness (QED) is 0.536. The third-order valence-corrected chi connectivity index (χ3v) is 3.62. The lowest BCUT2D eigenvalue weighted by Gasteiger charge is -2.05. The first-order valence-electron chi connectivity index (χ1n) is 7.19. The molecule has 0 bridgehead atoms. The first kappa shape index (κ1) is 14.5. The number of nitrogens with one attached hydrogen (secondary N) is 1. The minimum absolute atomic E-state index is 0.684. The fraction of sp³-hybridized carbons (Fsp3) is 0.111. The summed E-state index contributed by atoms with van der Waals surface area (Å²) in [4.78, 5) is 4.31. The summed E-state index contributed by atoms with van der Waals surface area (Å²) >= 11 is 5.98. The number of anilines is 1. The maximum absolute atomic E-state index is 5.98. The number of hydrogen-bond acceptors (Lipinski definition) is 3. The minimum Gasteiger partial charge on any atom is -0.278 e. The summed E-state index contributed by atoms with van der Waals surface area (Å²) in [6.45, 7) is 0. The van der Waals surface area contributed by atoms with Crippen molar-refractivity contribution in [1.82, 2.24) is 4.98 Å². The van der Waals surface area contributed by atoms with Crippen molar-refractivity contribution in [3.05, 3.63) is 71.4 Å². The molecule has 1 N–H and O–H groups in total. The van der Waals surface area contributed by atoms with Gasteiger partial charge in [-0.3, -0.25) is 10.4 Å². The van der Waals surface area contributed by atoms with Crippen LogP contribution in [0.25, 0.3) is 10.9 Å². The topological polar surface area (TPSA) is 37.3 Å². The summed E-state index contributed by atoms with van der Waals surface area (Å²) in [6.07, 6.45) is 5.53. The van der Waals surface area contributed by atoms with Gasteiger partial charge in [-0.2, -0.15) is 5.10 Å². The molecule has 4 heteroatoms. The van der Waals surface area contributed by atoms with Crippen LogP contribution in [0.15, 0.2) is 65.9 Å². The van der Waals surface area contributed by atoms with Crippen LogP contribution in [-0.4, -0.2) is 11.2 Å². The second kappa shape index (κ2) is 7.05. The fourth-order valence-corrected chi connectivity index (χ4v) is 2.44. The summed E-state index contributed by atoms with van der Waals surface area (Å²) in [6, 6.07) is 18.0. The van der Waals surface area contributed by atoms with Gasteiger partial charge in [-0.15, -0.1) is 0 Å². The third-order valence-electron chi connectivity index (χ3n) is 3.39. The van der Waals surface area contributed by atoms with Crippen LogP contribution in [0.5, 0.6) is 0 Å². The fourth-order valence-electron chi connectivity index (χ4n) is 2.27. The first-order chi connectivity index (χ1) is 10.8. The molecule has 0 unspecified atom stereocenters. The van der Waals surface area contributed by atoms with Gasteiger partial charge in [-0.1, -0.05) is 41.9 Å². The maximum atomic E-state index is 5.98. The Morgan fingerprint density at radius 1 is 1.09 bits per heavy atom. The number of hydrogen-bond donors (Lipinski definition) is 1. The molecular weight excluding hydrogens is 294 g/mol. The number of pyridine rings is 1. The van der Waals surface area contributed by atoms with E-state index in [4.69, 9.17) is 11.6 Å². The van der Waals surface area contributed by atoms with Gasteiger partial charge in [0, 0.05) is 22.8 Å². The van der Waals surface area contributed by atoms with E-state index >= 15 is 0 Å². The summed E-state index contributed by atoms with van der Waals surface area (Å²) in [5, 5.41) is 5.98. The van der Waals surface area contributed by atoms with Crippen molar-refractivity contribution in [1.29, 1.82) is 0 Å². The monoisotopic (exact) mass is 309 g/mol. The number of aromatic nitrogens is 1. The average molecular weight is 310 g/mol. The lowest BCUT2D eigenvalue weighted by Crippen LogP contribution is -1.93. The zero-order chi connectivity index (χ0) is 15.2. The molecule has 3 rings (SSSR count). The number of hydrazone groups is 1. The number of aryl methyl sites for hydroxylation is 1. The van der Waals surface area contributed by atoms with Gasteiger partial charge >= 0.3 is 0 Å². The highest BCUT2D eigenvalue weighted by atomic mass is 35.5. The van der Waals surface area contributed by atoms with Gasteiger partial charge in [0.15, 0.2) is 0 Å². The lowest BCUT2D eigenvalue weighted by molar-refractivity contribution is 1.05. The van der Waals surface area contributed by atoms with E-state index in [2.05, 4.69) is 39.8 Å². The maximum Gasteiger partial charge on any atom is 0.0738 e. The van der Waals surface area contributed by atoms with E-state index in [1.807, 2.05) is 36.5 Å². The summed E-state index contributed by atoms with van der Waals surface area (Å²) in [5.41, 5.74) is 6.18. The molecule has 0 aliphatic rings. The lowest BCUT2D eigenvalue weighted by atomic mass is 10.1. The molecule has 110 valence electrons. The van der Waals surface area contributed by atoms with Gasteiger partial charge in [0.2, 0.25) is 0 Å². The summed E-state index contributed by atoms with van der Waals surface area (Å²) in [5.74, 6) is 0. The largest absolute Gasteiger partial charge is 0.278 e. The highest BCUT2D eigenvalue weighted by molar-refractivity contribution is 6.31. The Morgan fingerprint density at radius 3 is 2.82 bits per heavy atom. The molecule has 0 aliphatic carbocycles. The van der Waals surface area contributed by atoms with E-state index in [-0.39, 0.29) is 0 Å². The Bertz CT molecular complexity index is 785. The normalized spacial score (nSPS) is 11.1. The van der Waals surface area contributed by atoms with Crippen molar-refractivity contribution in [2.45, 2.75) is 12.8 Å². The predicted octanol–water partition coefficient (Wildman–Crippen LogP) is 4.92. The van der Waals surface area contributed by atoms with Crippen LogP contribution < -0.4 is 5.43 Å². The predicted molar refractivity (Wildman–Crippen MR) is 93.6 cm³/mol. The molecule has 3 nitrogen and oxygen atoms in total. The Labute approximate surface area is 134 Å². The van der Waals surface area contributed by atoms with Crippen molar-refractivity contribution < 1.29 is 0 Å². The van der Waals surface area contributed by atoms with Gasteiger partial charge < -0.3 is 0 Å². The highest BCUT2D eigenvalue weighted by Gasteiger charge is 2.01. The van der Waals surface area contributed by atoms with Gasteiger partial charge in [-0.05, 0) is 42.7 Å². The molecule has 0 radical (unpaired) electrons. The molecule has 0 fully saturated rings. The zero-order valence-electron chi connectivity index (χ0n) is 12.0. The van der Waals surface area contributed by atoms with Crippen molar-refractivity contribution >= 4 is 34.4 Å². The number of nitrogens with zero attached hydrogens (tertiary/aromatic N) is 2. The van der Waals surface area contributed by atoms with Crippen molar-refractivity contribution in [2.75, 3.05) is 5.43 Å². The van der Waals surface area contributed by atoms with Crippen LogP contribution in [0.1, 0.15) is 12.0 Å². The molecule has 1 heterocycles. The molecule has 22 heavy (non-hydrogen) atoms. The van der Waals surface area contributed by atoms with E-state index in [0.29, 0.717) is 5.02 Å². The van der Waals surface area contributed by atoms with Crippen LogP contribution in [0.4, 0.5) is 5.69 Å². The number of rotatable bonds is 5. The molecule has 0 saturated heterocycles. The van der Waals surface area contributed by atoms with Gasteiger partial charge in [0.25, 0.3) is 0 Å². The van der Waals surface area contributed by atoms with E-state index < -0.39 is 0 Å². The van der Waals surface area contributed by atoms with Crippen LogP contribution in [0, 0.1) is 0 Å². The van der Waals surface area contributed by atoms with Gasteiger partial charge in [0.05, 0.1) is 11.2 Å². The van der Waals surface area contributed by atoms with Crippen molar-refractivity contribution in [2.24, 2.45) is 5.10 Å². The first-order valence-corrected chi connectivity index (χ1v) is 7.56.